The van der Waals surface area contributed by atoms with Crippen molar-refractivity contribution in [3.8, 4) is 0 Å². The minimum absolute atomic E-state index is 0.300. The molecule has 2 aliphatic carbocycles. The van der Waals surface area contributed by atoms with E-state index in [0.717, 1.165) is 32.2 Å². The summed E-state index contributed by atoms with van der Waals surface area (Å²) in [6.07, 6.45) is 9.48. The van der Waals surface area contributed by atoms with Crippen LogP contribution in [-0.2, 0) is 9.59 Å². The summed E-state index contributed by atoms with van der Waals surface area (Å²) in [6.45, 7) is 1.34. The lowest BCUT2D eigenvalue weighted by molar-refractivity contribution is -0.156. The summed E-state index contributed by atoms with van der Waals surface area (Å²) >= 11 is 0. The standard InChI is InChI=1S/C16H26N2O3/c17-10-12-4-6-13(7-5-12)11-18-14(19)16(15(20)21)8-2-1-3-9-16/h1-2,12-13H,3-11,17H2,(H,18,19)(H,20,21). The van der Waals surface area contributed by atoms with Crippen molar-refractivity contribution in [2.24, 2.45) is 23.0 Å². The Morgan fingerprint density at radius 1 is 1.19 bits per heavy atom. The van der Waals surface area contributed by atoms with Gasteiger partial charge in [-0.2, -0.15) is 0 Å². The highest BCUT2D eigenvalue weighted by Crippen LogP contribution is 2.34. The first-order valence-electron chi connectivity index (χ1n) is 7.95. The van der Waals surface area contributed by atoms with E-state index in [2.05, 4.69) is 5.32 Å². The molecule has 1 atom stereocenters. The van der Waals surface area contributed by atoms with Crippen molar-refractivity contribution in [1.29, 1.82) is 0 Å². The predicted molar refractivity (Wildman–Crippen MR) is 80.6 cm³/mol. The van der Waals surface area contributed by atoms with Crippen molar-refractivity contribution < 1.29 is 14.7 Å². The molecule has 118 valence electrons. The summed E-state index contributed by atoms with van der Waals surface area (Å²) in [6, 6.07) is 0. The van der Waals surface area contributed by atoms with Crippen LogP contribution in [0.5, 0.6) is 0 Å². The Morgan fingerprint density at radius 2 is 1.86 bits per heavy atom. The van der Waals surface area contributed by atoms with Gasteiger partial charge in [-0.1, -0.05) is 12.2 Å². The maximum atomic E-state index is 12.4. The van der Waals surface area contributed by atoms with Gasteiger partial charge < -0.3 is 16.2 Å². The molecule has 1 amide bonds. The highest BCUT2D eigenvalue weighted by molar-refractivity contribution is 6.02. The molecule has 0 aromatic rings. The Kier molecular flexibility index (Phi) is 5.39. The van der Waals surface area contributed by atoms with Gasteiger partial charge in [0, 0.05) is 6.54 Å². The third-order valence-corrected chi connectivity index (χ3v) is 5.07. The van der Waals surface area contributed by atoms with Gasteiger partial charge in [-0.15, -0.1) is 0 Å². The van der Waals surface area contributed by atoms with Gasteiger partial charge in [0.15, 0.2) is 0 Å². The Bertz CT molecular complexity index is 414. The number of amides is 1. The Morgan fingerprint density at radius 3 is 2.38 bits per heavy atom. The molecule has 0 radical (unpaired) electrons. The molecule has 5 heteroatoms. The van der Waals surface area contributed by atoms with Crippen molar-refractivity contribution in [2.75, 3.05) is 13.1 Å². The fourth-order valence-electron chi connectivity index (χ4n) is 3.41. The lowest BCUT2D eigenvalue weighted by Crippen LogP contribution is -2.48. The highest BCUT2D eigenvalue weighted by atomic mass is 16.4. The van der Waals surface area contributed by atoms with Crippen LogP contribution in [0.15, 0.2) is 12.2 Å². The molecular formula is C16H26N2O3. The molecule has 4 N–H and O–H groups in total. The number of nitrogens with one attached hydrogen (secondary N) is 1. The number of hydrogen-bond donors (Lipinski definition) is 3. The Labute approximate surface area is 126 Å². The molecule has 21 heavy (non-hydrogen) atoms. The predicted octanol–water partition coefficient (Wildman–Crippen LogP) is 1.68. The maximum absolute atomic E-state index is 12.4. The number of rotatable bonds is 5. The number of carboxylic acids is 1. The molecule has 2 aliphatic rings. The van der Waals surface area contributed by atoms with E-state index in [-0.39, 0.29) is 5.91 Å². The number of nitrogens with two attached hydrogens (primary N) is 1. The first kappa shape index (κ1) is 16.0. The van der Waals surface area contributed by atoms with Crippen LogP contribution in [0.2, 0.25) is 0 Å². The summed E-state index contributed by atoms with van der Waals surface area (Å²) in [7, 11) is 0. The van der Waals surface area contributed by atoms with E-state index in [1.807, 2.05) is 12.2 Å². The molecule has 0 saturated heterocycles. The molecule has 1 unspecified atom stereocenters. The number of carbonyl (C=O) groups excluding carboxylic acids is 1. The van der Waals surface area contributed by atoms with Crippen LogP contribution in [0, 0.1) is 17.3 Å². The SMILES string of the molecule is NCC1CCC(CNC(=O)C2(C(=O)O)CC=CCC2)CC1. The number of carboxylic acid groups (broad SMARTS) is 1. The molecule has 0 heterocycles. The van der Waals surface area contributed by atoms with Gasteiger partial charge in [-0.25, -0.2) is 0 Å². The average Bonchev–Trinajstić information content (AvgIpc) is 2.53. The van der Waals surface area contributed by atoms with Crippen LogP contribution >= 0.6 is 0 Å². The van der Waals surface area contributed by atoms with E-state index >= 15 is 0 Å². The van der Waals surface area contributed by atoms with Crippen molar-refractivity contribution >= 4 is 11.9 Å². The summed E-state index contributed by atoms with van der Waals surface area (Å²) in [5, 5.41) is 12.3. The van der Waals surface area contributed by atoms with Crippen molar-refractivity contribution in [3.05, 3.63) is 12.2 Å². The van der Waals surface area contributed by atoms with Crippen LogP contribution in [0.4, 0.5) is 0 Å². The monoisotopic (exact) mass is 294 g/mol. The molecule has 0 aromatic heterocycles. The van der Waals surface area contributed by atoms with Crippen LogP contribution in [-0.4, -0.2) is 30.1 Å². The fourth-order valence-corrected chi connectivity index (χ4v) is 3.41. The van der Waals surface area contributed by atoms with E-state index in [1.54, 1.807) is 0 Å². The quantitative estimate of drug-likeness (QED) is 0.531. The van der Waals surface area contributed by atoms with Gasteiger partial charge >= 0.3 is 5.97 Å². The first-order valence-corrected chi connectivity index (χ1v) is 7.95. The van der Waals surface area contributed by atoms with E-state index < -0.39 is 11.4 Å². The van der Waals surface area contributed by atoms with Crippen molar-refractivity contribution in [2.45, 2.75) is 44.9 Å². The molecule has 0 aliphatic heterocycles. The van der Waals surface area contributed by atoms with Crippen molar-refractivity contribution in [1.82, 2.24) is 5.32 Å². The minimum atomic E-state index is -1.26. The van der Waals surface area contributed by atoms with Gasteiger partial charge in [0.1, 0.15) is 5.41 Å². The highest BCUT2D eigenvalue weighted by Gasteiger charge is 2.45. The smallest absolute Gasteiger partial charge is 0.319 e. The second kappa shape index (κ2) is 7.07. The molecular weight excluding hydrogens is 268 g/mol. The topological polar surface area (TPSA) is 92.4 Å². The fraction of sp³-hybridized carbons (Fsp3) is 0.750. The van der Waals surface area contributed by atoms with E-state index in [1.165, 1.54) is 0 Å². The molecule has 5 nitrogen and oxygen atoms in total. The second-order valence-electron chi connectivity index (χ2n) is 6.43. The Hall–Kier alpha value is -1.36. The van der Waals surface area contributed by atoms with Gasteiger partial charge in [0.2, 0.25) is 5.91 Å². The molecule has 1 fully saturated rings. The zero-order chi connectivity index (χ0) is 15.3. The third kappa shape index (κ3) is 3.64. The first-order chi connectivity index (χ1) is 10.1. The van der Waals surface area contributed by atoms with Crippen LogP contribution in [0.3, 0.4) is 0 Å². The number of aliphatic carboxylic acids is 1. The van der Waals surface area contributed by atoms with E-state index in [9.17, 15) is 14.7 Å². The summed E-state index contributed by atoms with van der Waals surface area (Å²) in [5.74, 6) is -0.246. The van der Waals surface area contributed by atoms with Gasteiger partial charge in [0.25, 0.3) is 0 Å². The lowest BCUT2D eigenvalue weighted by atomic mass is 9.76. The lowest BCUT2D eigenvalue weighted by Gasteiger charge is -2.31. The second-order valence-corrected chi connectivity index (χ2v) is 6.43. The van der Waals surface area contributed by atoms with Crippen LogP contribution in [0.1, 0.15) is 44.9 Å². The number of allylic oxidation sites excluding steroid dienone is 2. The van der Waals surface area contributed by atoms with Crippen molar-refractivity contribution in [3.63, 3.8) is 0 Å². The average molecular weight is 294 g/mol. The summed E-state index contributed by atoms with van der Waals surface area (Å²) in [5.41, 5.74) is 4.42. The van der Waals surface area contributed by atoms with Gasteiger partial charge in [0.05, 0.1) is 0 Å². The zero-order valence-electron chi connectivity index (χ0n) is 12.5. The molecule has 1 saturated carbocycles. The molecule has 2 rings (SSSR count). The minimum Gasteiger partial charge on any atom is -0.480 e. The molecule has 0 aromatic carbocycles. The zero-order valence-corrected chi connectivity index (χ0v) is 12.5. The van der Waals surface area contributed by atoms with Gasteiger partial charge in [-0.3, -0.25) is 9.59 Å². The normalized spacial score (nSPS) is 32.6. The maximum Gasteiger partial charge on any atom is 0.319 e. The molecule has 0 spiro atoms. The molecule has 0 bridgehead atoms. The van der Waals surface area contributed by atoms with Gasteiger partial charge in [-0.05, 0) is 63.3 Å². The summed E-state index contributed by atoms with van der Waals surface area (Å²) < 4.78 is 0. The van der Waals surface area contributed by atoms with Crippen LogP contribution in [0.25, 0.3) is 0 Å². The number of carbonyl (C=O) groups is 2. The van der Waals surface area contributed by atoms with E-state index in [0.29, 0.717) is 37.6 Å². The largest absolute Gasteiger partial charge is 0.480 e. The van der Waals surface area contributed by atoms with Crippen LogP contribution < -0.4 is 11.1 Å². The third-order valence-electron chi connectivity index (χ3n) is 5.07. The Balaban J connectivity index is 1.86. The summed E-state index contributed by atoms with van der Waals surface area (Å²) in [4.78, 5) is 23.9. The van der Waals surface area contributed by atoms with E-state index in [4.69, 9.17) is 5.73 Å². The number of hydrogen-bond acceptors (Lipinski definition) is 3.